The van der Waals surface area contributed by atoms with Crippen molar-refractivity contribution in [2.75, 3.05) is 43.9 Å². The molecule has 0 aromatic carbocycles. The Bertz CT molecular complexity index is 1570. The SMILES string of the molecule is CC(C)C1CN(c2cc(O[C@@H](C)[C@@H]3CCCN3C)nc(-c3noc4c3CCC[C@@]43CCCc4sc(N)c(C#N)c43)n2)CCN1. The molecular weight excluding hydrogens is 572 g/mol. The number of rotatable bonds is 6. The van der Waals surface area contributed by atoms with Gasteiger partial charge in [-0.25, -0.2) is 4.98 Å². The van der Waals surface area contributed by atoms with Crippen LogP contribution in [-0.2, 0) is 18.3 Å². The van der Waals surface area contributed by atoms with Gasteiger partial charge in [0.1, 0.15) is 23.0 Å². The molecule has 7 rings (SSSR count). The molecule has 1 spiro atoms. The van der Waals surface area contributed by atoms with E-state index in [9.17, 15) is 5.26 Å². The molecule has 0 saturated carbocycles. The third-order valence-electron chi connectivity index (χ3n) is 10.5. The van der Waals surface area contributed by atoms with Crippen molar-refractivity contribution in [2.45, 2.75) is 95.7 Å². The van der Waals surface area contributed by atoms with Crippen LogP contribution in [0, 0.1) is 17.2 Å². The maximum Gasteiger partial charge on any atom is 0.219 e. The van der Waals surface area contributed by atoms with E-state index in [1.165, 1.54) is 11.3 Å². The third kappa shape index (κ3) is 4.95. The van der Waals surface area contributed by atoms with Gasteiger partial charge in [0, 0.05) is 48.2 Å². The lowest BCUT2D eigenvalue weighted by Crippen LogP contribution is -2.53. The van der Waals surface area contributed by atoms with E-state index >= 15 is 0 Å². The van der Waals surface area contributed by atoms with Gasteiger partial charge in [-0.3, -0.25) is 4.90 Å². The van der Waals surface area contributed by atoms with Gasteiger partial charge in [-0.05, 0) is 83.4 Å². The molecule has 2 aliphatic heterocycles. The van der Waals surface area contributed by atoms with Gasteiger partial charge in [0.05, 0.1) is 11.0 Å². The summed E-state index contributed by atoms with van der Waals surface area (Å²) in [5, 5.41) is 19.1. The number of anilines is 2. The summed E-state index contributed by atoms with van der Waals surface area (Å²) in [6.45, 7) is 10.4. The van der Waals surface area contributed by atoms with Crippen LogP contribution >= 0.6 is 11.3 Å². The summed E-state index contributed by atoms with van der Waals surface area (Å²) in [6.07, 6.45) is 7.94. The van der Waals surface area contributed by atoms with E-state index in [4.69, 9.17) is 25.0 Å². The topological polar surface area (TPSA) is 129 Å². The number of nitrogens with one attached hydrogen (secondary N) is 1. The van der Waals surface area contributed by atoms with Crippen LogP contribution < -0.4 is 20.7 Å². The minimum atomic E-state index is -0.382. The van der Waals surface area contributed by atoms with Crippen LogP contribution in [-0.4, -0.2) is 71.4 Å². The molecule has 5 heterocycles. The largest absolute Gasteiger partial charge is 0.473 e. The van der Waals surface area contributed by atoms with E-state index in [0.717, 1.165) is 93.8 Å². The van der Waals surface area contributed by atoms with Crippen LogP contribution in [0.4, 0.5) is 10.8 Å². The Hall–Kier alpha value is -3.20. The van der Waals surface area contributed by atoms with E-state index in [0.29, 0.717) is 46.0 Å². The molecule has 2 aliphatic carbocycles. The van der Waals surface area contributed by atoms with E-state index in [1.807, 2.05) is 6.07 Å². The first-order valence-electron chi connectivity index (χ1n) is 16.3. The third-order valence-corrected chi connectivity index (χ3v) is 11.6. The number of nitrogens with two attached hydrogens (primary N) is 1. The molecule has 2 fully saturated rings. The van der Waals surface area contributed by atoms with Crippen LogP contribution in [0.15, 0.2) is 10.6 Å². The van der Waals surface area contributed by atoms with Crippen molar-refractivity contribution in [3.8, 4) is 23.5 Å². The zero-order chi connectivity index (χ0) is 30.6. The Morgan fingerprint density at radius 3 is 2.75 bits per heavy atom. The average Bonchev–Trinajstić information content (AvgIpc) is 3.74. The molecule has 234 valence electrons. The van der Waals surface area contributed by atoms with Crippen LogP contribution in [0.25, 0.3) is 11.5 Å². The molecular formula is C33H44N8O2S. The van der Waals surface area contributed by atoms with Gasteiger partial charge >= 0.3 is 0 Å². The lowest BCUT2D eigenvalue weighted by molar-refractivity contribution is 0.117. The number of piperazine rings is 1. The highest BCUT2D eigenvalue weighted by molar-refractivity contribution is 7.16. The summed E-state index contributed by atoms with van der Waals surface area (Å²) in [6, 6.07) is 5.16. The van der Waals surface area contributed by atoms with E-state index < -0.39 is 0 Å². The first kappa shape index (κ1) is 29.5. The molecule has 3 aromatic heterocycles. The predicted molar refractivity (Wildman–Crippen MR) is 172 cm³/mol. The lowest BCUT2D eigenvalue weighted by Gasteiger charge is -2.39. The van der Waals surface area contributed by atoms with Crippen molar-refractivity contribution in [1.29, 1.82) is 5.26 Å². The summed E-state index contributed by atoms with van der Waals surface area (Å²) >= 11 is 1.56. The fraction of sp³-hybridized carbons (Fsp3) is 0.636. The molecule has 10 nitrogen and oxygen atoms in total. The fourth-order valence-electron chi connectivity index (χ4n) is 8.19. The van der Waals surface area contributed by atoms with Gasteiger partial charge in [0.2, 0.25) is 5.88 Å². The normalized spacial score (nSPS) is 26.0. The van der Waals surface area contributed by atoms with Crippen LogP contribution in [0.2, 0.25) is 0 Å². The minimum absolute atomic E-state index is 0.00635. The van der Waals surface area contributed by atoms with Crippen molar-refractivity contribution in [3.63, 3.8) is 0 Å². The number of ether oxygens (including phenoxy) is 1. The second-order valence-corrected chi connectivity index (χ2v) is 14.7. The van der Waals surface area contributed by atoms with Crippen LogP contribution in [0.3, 0.4) is 0 Å². The maximum atomic E-state index is 10.1. The van der Waals surface area contributed by atoms with Gasteiger partial charge in [-0.2, -0.15) is 10.2 Å². The van der Waals surface area contributed by atoms with Crippen molar-refractivity contribution in [2.24, 2.45) is 5.92 Å². The zero-order valence-electron chi connectivity index (χ0n) is 26.4. The van der Waals surface area contributed by atoms with Crippen molar-refractivity contribution >= 4 is 22.2 Å². The highest BCUT2D eigenvalue weighted by atomic mass is 32.1. The minimum Gasteiger partial charge on any atom is -0.473 e. The Kier molecular flexibility index (Phi) is 7.79. The number of aryl methyl sites for hydroxylation is 1. The molecule has 11 heteroatoms. The monoisotopic (exact) mass is 616 g/mol. The lowest BCUT2D eigenvalue weighted by atomic mass is 9.63. The number of fused-ring (bicyclic) bond motifs is 4. The predicted octanol–water partition coefficient (Wildman–Crippen LogP) is 4.90. The molecule has 0 amide bonds. The standard InChI is InChI=1S/C33H44N8O2S/c1-19(2)23-18-41(15-13-36-23)26-16-27(42-20(3)24-9-7-14-40(24)4)38-32(37-26)29-21-8-5-11-33(30(21)43-39-29)12-6-10-25-28(33)22(17-34)31(35)44-25/h16,19-20,23-24,36H,5-15,18,35H2,1-4H3/t20-,23?,24-,33-/m0/s1. The van der Waals surface area contributed by atoms with E-state index in [1.54, 1.807) is 11.3 Å². The second-order valence-electron chi connectivity index (χ2n) is 13.5. The Balaban J connectivity index is 1.30. The van der Waals surface area contributed by atoms with Gasteiger partial charge in [-0.15, -0.1) is 11.3 Å². The number of aromatic nitrogens is 3. The highest BCUT2D eigenvalue weighted by Crippen LogP contribution is 2.55. The maximum absolute atomic E-state index is 10.1. The summed E-state index contributed by atoms with van der Waals surface area (Å²) in [5.74, 6) is 3.37. The first-order chi connectivity index (χ1) is 21.3. The van der Waals surface area contributed by atoms with E-state index in [2.05, 4.69) is 54.2 Å². The number of likely N-dealkylation sites (tertiary alicyclic amines) is 1. The molecule has 0 bridgehead atoms. The highest BCUT2D eigenvalue weighted by Gasteiger charge is 2.49. The molecule has 4 aliphatic rings. The molecule has 1 unspecified atom stereocenters. The van der Waals surface area contributed by atoms with E-state index in [-0.39, 0.29) is 11.5 Å². The molecule has 4 atom stereocenters. The average molecular weight is 617 g/mol. The van der Waals surface area contributed by atoms with Gasteiger partial charge in [0.25, 0.3) is 0 Å². The number of thiophene rings is 1. The first-order valence-corrected chi connectivity index (χ1v) is 17.2. The Morgan fingerprint density at radius 2 is 2.00 bits per heavy atom. The molecule has 44 heavy (non-hydrogen) atoms. The number of nitrogens with zero attached hydrogens (tertiary/aromatic N) is 6. The number of hydrogen-bond acceptors (Lipinski definition) is 11. The number of hydrogen-bond donors (Lipinski definition) is 2. The quantitative estimate of drug-likeness (QED) is 0.394. The van der Waals surface area contributed by atoms with Crippen LogP contribution in [0.1, 0.15) is 86.6 Å². The van der Waals surface area contributed by atoms with Crippen molar-refractivity contribution < 1.29 is 9.26 Å². The number of nitrogen functional groups attached to an aromatic ring is 1. The Morgan fingerprint density at radius 1 is 1.18 bits per heavy atom. The number of nitriles is 1. The molecule has 3 N–H and O–H groups in total. The van der Waals surface area contributed by atoms with Gasteiger partial charge in [-0.1, -0.05) is 19.0 Å². The number of likely N-dealkylation sites (N-methyl/N-ethyl adjacent to an activating group) is 1. The van der Waals surface area contributed by atoms with Crippen molar-refractivity contribution in [3.05, 3.63) is 33.4 Å². The Labute approximate surface area is 264 Å². The summed E-state index contributed by atoms with van der Waals surface area (Å²) in [7, 11) is 2.17. The molecule has 3 aromatic rings. The molecule has 0 radical (unpaired) electrons. The fourth-order valence-corrected chi connectivity index (χ4v) is 9.35. The van der Waals surface area contributed by atoms with Crippen LogP contribution in [0.5, 0.6) is 5.88 Å². The summed E-state index contributed by atoms with van der Waals surface area (Å²) < 4.78 is 12.9. The summed E-state index contributed by atoms with van der Waals surface area (Å²) in [5.41, 5.74) is 9.44. The molecule has 2 saturated heterocycles. The van der Waals surface area contributed by atoms with Gasteiger partial charge < -0.3 is 25.2 Å². The second kappa shape index (κ2) is 11.6. The zero-order valence-corrected chi connectivity index (χ0v) is 27.2. The summed E-state index contributed by atoms with van der Waals surface area (Å²) in [4.78, 5) is 16.1. The van der Waals surface area contributed by atoms with Crippen molar-refractivity contribution in [1.82, 2.24) is 25.3 Å². The van der Waals surface area contributed by atoms with Gasteiger partial charge in [0.15, 0.2) is 17.3 Å². The smallest absolute Gasteiger partial charge is 0.219 e.